The number of thioether (sulfide) groups is 1. The van der Waals surface area contributed by atoms with Gasteiger partial charge in [0.2, 0.25) is 0 Å². The number of aliphatic hydroxyl groups excluding tert-OH is 1. The average molecular weight is 280 g/mol. The predicted molar refractivity (Wildman–Crippen MR) is 65.7 cm³/mol. The van der Waals surface area contributed by atoms with E-state index in [4.69, 9.17) is 0 Å². The van der Waals surface area contributed by atoms with Crippen molar-refractivity contribution in [2.45, 2.75) is 31.6 Å². The third kappa shape index (κ3) is 5.64. The molecule has 102 valence electrons. The smallest absolute Gasteiger partial charge is 0.406 e. The minimum Gasteiger partial charge on any atom is -0.406 e. The molecule has 0 radical (unpaired) electrons. The Labute approximate surface area is 108 Å². The van der Waals surface area contributed by atoms with E-state index < -0.39 is 12.5 Å². The van der Waals surface area contributed by atoms with E-state index in [1.165, 1.54) is 18.2 Å². The monoisotopic (exact) mass is 280 g/mol. The van der Waals surface area contributed by atoms with Gasteiger partial charge in [-0.05, 0) is 22.9 Å². The first-order valence-corrected chi connectivity index (χ1v) is 6.48. The number of benzene rings is 1. The summed E-state index contributed by atoms with van der Waals surface area (Å²) in [4.78, 5) is 0. The molecule has 0 saturated carbocycles. The first-order chi connectivity index (χ1) is 8.28. The fraction of sp³-hybridized carbons (Fsp3) is 0.500. The molecule has 0 amide bonds. The predicted octanol–water partition coefficient (Wildman–Crippen LogP) is 3.76. The second kappa shape index (κ2) is 6.33. The normalized spacial score (nSPS) is 13.7. The minimum absolute atomic E-state index is 0.311. The van der Waals surface area contributed by atoms with E-state index in [0.29, 0.717) is 16.6 Å². The maximum absolute atomic E-state index is 12.0. The molecular formula is C12H15F3O2S. The average Bonchev–Trinajstić information content (AvgIpc) is 2.23. The molecule has 0 fully saturated rings. The van der Waals surface area contributed by atoms with Gasteiger partial charge in [0.1, 0.15) is 5.75 Å². The standard InChI is InChI=1S/C12H15F3O2S/c1-8(2)18-7-11(16)9-4-3-5-10(6-9)17-12(13,14)15/h3-6,8,11,16H,7H2,1-2H3. The van der Waals surface area contributed by atoms with Crippen LogP contribution in [-0.2, 0) is 0 Å². The number of ether oxygens (including phenoxy) is 1. The van der Waals surface area contributed by atoms with Crippen molar-refractivity contribution in [3.8, 4) is 5.75 Å². The van der Waals surface area contributed by atoms with Crippen molar-refractivity contribution >= 4 is 11.8 Å². The molecule has 0 bridgehead atoms. The van der Waals surface area contributed by atoms with E-state index in [1.807, 2.05) is 13.8 Å². The third-order valence-corrected chi connectivity index (χ3v) is 3.24. The Morgan fingerprint density at radius 2 is 2.00 bits per heavy atom. The molecule has 1 aromatic carbocycles. The Balaban J connectivity index is 2.69. The summed E-state index contributed by atoms with van der Waals surface area (Å²) in [6.07, 6.45) is -5.51. The number of aliphatic hydroxyl groups is 1. The van der Waals surface area contributed by atoms with Gasteiger partial charge in [-0.2, -0.15) is 11.8 Å². The molecule has 0 aliphatic heterocycles. The molecule has 18 heavy (non-hydrogen) atoms. The van der Waals surface area contributed by atoms with Crippen LogP contribution in [0.15, 0.2) is 24.3 Å². The number of rotatable bonds is 5. The van der Waals surface area contributed by atoms with Crippen molar-refractivity contribution in [2.24, 2.45) is 0 Å². The van der Waals surface area contributed by atoms with Gasteiger partial charge in [0.05, 0.1) is 6.10 Å². The van der Waals surface area contributed by atoms with Crippen LogP contribution < -0.4 is 4.74 Å². The molecule has 0 spiro atoms. The molecule has 1 atom stereocenters. The van der Waals surface area contributed by atoms with Gasteiger partial charge in [-0.15, -0.1) is 13.2 Å². The van der Waals surface area contributed by atoms with Crippen LogP contribution in [0.1, 0.15) is 25.5 Å². The Bertz CT molecular complexity index is 380. The highest BCUT2D eigenvalue weighted by molar-refractivity contribution is 7.99. The van der Waals surface area contributed by atoms with Gasteiger partial charge >= 0.3 is 6.36 Å². The van der Waals surface area contributed by atoms with E-state index >= 15 is 0 Å². The number of hydrogen-bond acceptors (Lipinski definition) is 3. The lowest BCUT2D eigenvalue weighted by atomic mass is 10.1. The van der Waals surface area contributed by atoms with Crippen LogP contribution in [0.3, 0.4) is 0 Å². The highest BCUT2D eigenvalue weighted by Gasteiger charge is 2.31. The van der Waals surface area contributed by atoms with Gasteiger partial charge < -0.3 is 9.84 Å². The molecule has 1 rings (SSSR count). The Morgan fingerprint density at radius 3 is 2.56 bits per heavy atom. The zero-order valence-electron chi connectivity index (χ0n) is 10.1. The van der Waals surface area contributed by atoms with E-state index in [-0.39, 0.29) is 5.75 Å². The molecule has 0 aromatic heterocycles. The van der Waals surface area contributed by atoms with E-state index in [2.05, 4.69) is 4.74 Å². The molecule has 2 nitrogen and oxygen atoms in total. The minimum atomic E-state index is -4.71. The zero-order chi connectivity index (χ0) is 13.8. The van der Waals surface area contributed by atoms with Crippen LogP contribution in [0, 0.1) is 0 Å². The molecule has 1 aromatic rings. The second-order valence-electron chi connectivity index (χ2n) is 4.02. The lowest BCUT2D eigenvalue weighted by Gasteiger charge is -2.14. The van der Waals surface area contributed by atoms with Crippen LogP contribution in [0.2, 0.25) is 0 Å². The maximum atomic E-state index is 12.0. The van der Waals surface area contributed by atoms with Crippen molar-refractivity contribution in [3.05, 3.63) is 29.8 Å². The highest BCUT2D eigenvalue weighted by Crippen LogP contribution is 2.27. The van der Waals surface area contributed by atoms with Crippen molar-refractivity contribution < 1.29 is 23.0 Å². The van der Waals surface area contributed by atoms with E-state index in [1.54, 1.807) is 17.8 Å². The van der Waals surface area contributed by atoms with Gasteiger partial charge in [0.25, 0.3) is 0 Å². The van der Waals surface area contributed by atoms with Gasteiger partial charge in [0, 0.05) is 5.75 Å². The Hall–Kier alpha value is -0.880. The molecule has 0 aliphatic carbocycles. The van der Waals surface area contributed by atoms with Gasteiger partial charge in [0.15, 0.2) is 0 Å². The SMILES string of the molecule is CC(C)SCC(O)c1cccc(OC(F)(F)F)c1. The maximum Gasteiger partial charge on any atom is 0.573 e. The first-order valence-electron chi connectivity index (χ1n) is 5.43. The van der Waals surface area contributed by atoms with Gasteiger partial charge in [-0.1, -0.05) is 26.0 Å². The number of halogens is 3. The van der Waals surface area contributed by atoms with Crippen LogP contribution in [0.5, 0.6) is 5.75 Å². The molecular weight excluding hydrogens is 265 g/mol. The molecule has 1 N–H and O–H groups in total. The van der Waals surface area contributed by atoms with Gasteiger partial charge in [-0.25, -0.2) is 0 Å². The first kappa shape index (κ1) is 15.2. The second-order valence-corrected chi connectivity index (χ2v) is 5.63. The summed E-state index contributed by atoms with van der Waals surface area (Å²) in [6, 6.07) is 5.42. The lowest BCUT2D eigenvalue weighted by Crippen LogP contribution is -2.17. The number of hydrogen-bond donors (Lipinski definition) is 1. The molecule has 1 unspecified atom stereocenters. The summed E-state index contributed by atoms with van der Waals surface area (Å²) < 4.78 is 39.9. The van der Waals surface area contributed by atoms with E-state index in [9.17, 15) is 18.3 Å². The van der Waals surface area contributed by atoms with Crippen molar-refractivity contribution in [1.82, 2.24) is 0 Å². The van der Waals surface area contributed by atoms with Crippen LogP contribution >= 0.6 is 11.8 Å². The van der Waals surface area contributed by atoms with Crippen LogP contribution in [0.25, 0.3) is 0 Å². The summed E-state index contributed by atoms with van der Waals surface area (Å²) in [7, 11) is 0. The number of alkyl halides is 3. The Morgan fingerprint density at radius 1 is 1.33 bits per heavy atom. The Kier molecular flexibility index (Phi) is 5.34. The summed E-state index contributed by atoms with van der Waals surface area (Å²) in [5.74, 6) is 0.126. The van der Waals surface area contributed by atoms with Crippen LogP contribution in [0.4, 0.5) is 13.2 Å². The van der Waals surface area contributed by atoms with Crippen molar-refractivity contribution in [3.63, 3.8) is 0 Å². The van der Waals surface area contributed by atoms with Crippen molar-refractivity contribution in [1.29, 1.82) is 0 Å². The molecule has 0 aliphatic rings. The largest absolute Gasteiger partial charge is 0.573 e. The molecule has 0 saturated heterocycles. The summed E-state index contributed by atoms with van der Waals surface area (Å²) in [5.41, 5.74) is 0.421. The summed E-state index contributed by atoms with van der Waals surface area (Å²) >= 11 is 1.54. The quantitative estimate of drug-likeness (QED) is 0.890. The summed E-state index contributed by atoms with van der Waals surface area (Å²) in [6.45, 7) is 3.97. The van der Waals surface area contributed by atoms with E-state index in [0.717, 1.165) is 0 Å². The molecule has 0 heterocycles. The van der Waals surface area contributed by atoms with Crippen LogP contribution in [-0.4, -0.2) is 22.5 Å². The summed E-state index contributed by atoms with van der Waals surface area (Å²) in [5, 5.41) is 10.2. The highest BCUT2D eigenvalue weighted by atomic mass is 32.2. The fourth-order valence-corrected chi connectivity index (χ4v) is 2.06. The fourth-order valence-electron chi connectivity index (χ4n) is 1.30. The molecule has 6 heteroatoms. The van der Waals surface area contributed by atoms with Crippen molar-refractivity contribution in [2.75, 3.05) is 5.75 Å². The third-order valence-electron chi connectivity index (χ3n) is 2.06. The zero-order valence-corrected chi connectivity index (χ0v) is 10.9. The topological polar surface area (TPSA) is 29.5 Å². The lowest BCUT2D eigenvalue weighted by molar-refractivity contribution is -0.274. The van der Waals surface area contributed by atoms with Gasteiger partial charge in [-0.3, -0.25) is 0 Å².